The largest absolute Gasteiger partial charge is 0.378 e. The number of nitrogens with one attached hydrogen (secondary N) is 1. The van der Waals surface area contributed by atoms with Crippen LogP contribution < -0.4 is 15.6 Å². The monoisotopic (exact) mass is 527 g/mol. The molecule has 4 aromatic rings. The number of carbonyl (C=O) groups excluding carboxylic acids is 1. The summed E-state index contributed by atoms with van der Waals surface area (Å²) in [4.78, 5) is 36.5. The number of aromatic nitrogens is 2. The molecule has 194 valence electrons. The van der Waals surface area contributed by atoms with E-state index in [4.69, 9.17) is 9.72 Å². The summed E-state index contributed by atoms with van der Waals surface area (Å²) in [5, 5.41) is 3.23. The smallest absolute Gasteiger partial charge is 0.258 e. The van der Waals surface area contributed by atoms with Crippen LogP contribution in [0, 0.1) is 0 Å². The number of thiazole rings is 1. The van der Waals surface area contributed by atoms with Gasteiger partial charge in [-0.05, 0) is 24.3 Å². The number of benzene rings is 1. The van der Waals surface area contributed by atoms with Crippen LogP contribution in [-0.4, -0.2) is 78.6 Å². The molecule has 5 heterocycles. The lowest BCUT2D eigenvalue weighted by Crippen LogP contribution is -2.43. The van der Waals surface area contributed by atoms with E-state index in [1.807, 2.05) is 39.6 Å². The number of halogens is 2. The summed E-state index contributed by atoms with van der Waals surface area (Å²) in [5.41, 5.74) is 1.12. The van der Waals surface area contributed by atoms with E-state index in [1.165, 1.54) is 11.3 Å². The number of anilines is 1. The second kappa shape index (κ2) is 9.62. The molecule has 0 aliphatic carbocycles. The van der Waals surface area contributed by atoms with Crippen LogP contribution in [0.2, 0.25) is 0 Å². The summed E-state index contributed by atoms with van der Waals surface area (Å²) in [6.45, 7) is 3.99. The Morgan fingerprint density at radius 1 is 1.08 bits per heavy atom. The number of ether oxygens (including phenoxy) is 1. The van der Waals surface area contributed by atoms with E-state index in [9.17, 15) is 18.4 Å². The highest BCUT2D eigenvalue weighted by molar-refractivity contribution is 7.24. The lowest BCUT2D eigenvalue weighted by atomic mass is 10.1. The van der Waals surface area contributed by atoms with Gasteiger partial charge in [0.05, 0.1) is 28.8 Å². The number of likely N-dealkylation sites (tertiary alicyclic amines) is 1. The normalized spacial score (nSPS) is 18.6. The first-order chi connectivity index (χ1) is 17.9. The number of hydrogen-bond donors (Lipinski definition) is 1. The molecule has 1 aromatic carbocycles. The van der Waals surface area contributed by atoms with Crippen molar-refractivity contribution in [3.05, 3.63) is 52.2 Å². The van der Waals surface area contributed by atoms with Gasteiger partial charge < -0.3 is 19.9 Å². The van der Waals surface area contributed by atoms with Gasteiger partial charge >= 0.3 is 0 Å². The maximum Gasteiger partial charge on any atom is 0.258 e. The third-order valence-corrected chi connectivity index (χ3v) is 8.28. The van der Waals surface area contributed by atoms with E-state index < -0.39 is 11.8 Å². The molecule has 11 heteroatoms. The third kappa shape index (κ3) is 4.55. The molecular formula is C26H27F2N5O3S. The van der Waals surface area contributed by atoms with Crippen LogP contribution in [0.25, 0.3) is 26.1 Å². The van der Waals surface area contributed by atoms with Crippen molar-refractivity contribution in [2.24, 2.45) is 0 Å². The zero-order valence-electron chi connectivity index (χ0n) is 20.2. The van der Waals surface area contributed by atoms with Gasteiger partial charge in [0.25, 0.3) is 11.8 Å². The molecule has 0 unspecified atom stereocenters. The van der Waals surface area contributed by atoms with Gasteiger partial charge in [0.1, 0.15) is 16.2 Å². The van der Waals surface area contributed by atoms with Crippen molar-refractivity contribution in [1.82, 2.24) is 19.6 Å². The Kier molecular flexibility index (Phi) is 6.29. The fourth-order valence-electron chi connectivity index (χ4n) is 5.07. The van der Waals surface area contributed by atoms with Crippen molar-refractivity contribution < 1.29 is 18.3 Å². The molecule has 6 rings (SSSR count). The van der Waals surface area contributed by atoms with Crippen LogP contribution in [0.15, 0.2) is 41.2 Å². The number of rotatable bonds is 5. The van der Waals surface area contributed by atoms with Gasteiger partial charge in [0, 0.05) is 52.1 Å². The zero-order valence-corrected chi connectivity index (χ0v) is 21.0. The first-order valence-corrected chi connectivity index (χ1v) is 13.3. The average Bonchev–Trinajstić information content (AvgIpc) is 3.29. The van der Waals surface area contributed by atoms with Crippen molar-refractivity contribution in [1.29, 1.82) is 0 Å². The Bertz CT molecular complexity index is 1540. The molecule has 2 aliphatic rings. The van der Waals surface area contributed by atoms with Crippen molar-refractivity contribution in [2.75, 3.05) is 57.4 Å². The van der Waals surface area contributed by atoms with Gasteiger partial charge in [-0.3, -0.25) is 14.0 Å². The topological polar surface area (TPSA) is 79.2 Å². The summed E-state index contributed by atoms with van der Waals surface area (Å²) in [6.07, 6.45) is -0.344. The number of pyridine rings is 2. The minimum absolute atomic E-state index is 0.0831. The average molecular weight is 528 g/mol. The number of para-hydroxylation sites is 1. The molecule has 1 amide bonds. The Morgan fingerprint density at radius 3 is 2.62 bits per heavy atom. The number of fused-ring (bicyclic) bond motifs is 5. The second-order valence-corrected chi connectivity index (χ2v) is 10.5. The minimum atomic E-state index is -2.61. The van der Waals surface area contributed by atoms with Crippen LogP contribution in [0.1, 0.15) is 23.2 Å². The number of morpholine rings is 1. The molecule has 2 saturated heterocycles. The third-order valence-electron chi connectivity index (χ3n) is 7.14. The molecule has 3 aromatic heterocycles. The van der Waals surface area contributed by atoms with E-state index in [1.54, 1.807) is 6.07 Å². The quantitative estimate of drug-likeness (QED) is 0.429. The lowest BCUT2D eigenvalue weighted by molar-refractivity contribution is -0.0547. The highest BCUT2D eigenvalue weighted by atomic mass is 32.1. The second-order valence-electron chi connectivity index (χ2n) is 9.51. The predicted molar refractivity (Wildman–Crippen MR) is 140 cm³/mol. The highest BCUT2D eigenvalue weighted by Crippen LogP contribution is 2.31. The Morgan fingerprint density at radius 2 is 1.84 bits per heavy atom. The minimum Gasteiger partial charge on any atom is -0.378 e. The van der Waals surface area contributed by atoms with E-state index in [0.29, 0.717) is 48.7 Å². The van der Waals surface area contributed by atoms with Crippen LogP contribution in [-0.2, 0) is 4.74 Å². The van der Waals surface area contributed by atoms with Crippen LogP contribution in [0.5, 0.6) is 0 Å². The molecule has 0 radical (unpaired) electrons. The van der Waals surface area contributed by atoms with Gasteiger partial charge in [-0.15, -0.1) is 11.3 Å². The van der Waals surface area contributed by atoms with Crippen LogP contribution in [0.3, 0.4) is 0 Å². The van der Waals surface area contributed by atoms with Gasteiger partial charge in [0.2, 0.25) is 5.43 Å². The fraction of sp³-hybridized carbons (Fsp3) is 0.423. The Labute approximate surface area is 215 Å². The Balaban J connectivity index is 1.37. The van der Waals surface area contributed by atoms with Crippen molar-refractivity contribution in [2.45, 2.75) is 18.8 Å². The summed E-state index contributed by atoms with van der Waals surface area (Å²) < 4.78 is 35.2. The zero-order chi connectivity index (χ0) is 25.6. The lowest BCUT2D eigenvalue weighted by Gasteiger charge is -2.31. The van der Waals surface area contributed by atoms with Crippen molar-refractivity contribution in [3.8, 4) is 0 Å². The van der Waals surface area contributed by atoms with E-state index in [0.717, 1.165) is 29.1 Å². The molecule has 1 N–H and O–H groups in total. The van der Waals surface area contributed by atoms with Gasteiger partial charge in [-0.2, -0.15) is 0 Å². The summed E-state index contributed by atoms with van der Waals surface area (Å²) in [6, 6.07) is 11.3. The van der Waals surface area contributed by atoms with Gasteiger partial charge in [-0.1, -0.05) is 12.1 Å². The number of hydrogen-bond acceptors (Lipinski definition) is 7. The first kappa shape index (κ1) is 24.2. The van der Waals surface area contributed by atoms with Crippen molar-refractivity contribution >= 4 is 49.1 Å². The molecule has 2 aliphatic heterocycles. The summed E-state index contributed by atoms with van der Waals surface area (Å²) >= 11 is 1.38. The van der Waals surface area contributed by atoms with Crippen molar-refractivity contribution in [3.63, 3.8) is 0 Å². The summed E-state index contributed by atoms with van der Waals surface area (Å²) in [7, 11) is 0. The number of carbonyl (C=O) groups is 1. The maximum atomic E-state index is 13.6. The molecule has 37 heavy (non-hydrogen) atoms. The standard InChI is InChI=1S/C26H27F2N5O3S/c27-26(28)7-10-31(11-8-26)12-9-29-24(35)21-22(34)17-5-6-20(32-13-15-36-16-14-32)30-23(17)33-18-3-1-2-4-19(18)37-25(21)33/h1-6H,7-16H2,(H,29,35). The molecule has 0 saturated carbocycles. The summed E-state index contributed by atoms with van der Waals surface area (Å²) in [5.74, 6) is -2.30. The van der Waals surface area contributed by atoms with Gasteiger partial charge in [-0.25, -0.2) is 13.8 Å². The van der Waals surface area contributed by atoms with Crippen LogP contribution >= 0.6 is 11.3 Å². The molecule has 2 fully saturated rings. The number of amides is 1. The first-order valence-electron chi connectivity index (χ1n) is 12.5. The molecule has 8 nitrogen and oxygen atoms in total. The van der Waals surface area contributed by atoms with E-state index in [-0.39, 0.29) is 30.4 Å². The predicted octanol–water partition coefficient (Wildman–Crippen LogP) is 3.36. The SMILES string of the molecule is O=C(NCCN1CCC(F)(F)CC1)c1c(=O)c2ccc(N3CCOCC3)nc2n2c1sc1ccccc12. The maximum absolute atomic E-state index is 13.6. The molecule has 0 atom stereocenters. The highest BCUT2D eigenvalue weighted by Gasteiger charge is 2.33. The Hall–Kier alpha value is -3.15. The number of piperidine rings is 1. The van der Waals surface area contributed by atoms with E-state index >= 15 is 0 Å². The molecular weight excluding hydrogens is 500 g/mol. The number of nitrogens with zero attached hydrogens (tertiary/aromatic N) is 4. The number of alkyl halides is 2. The van der Waals surface area contributed by atoms with Crippen LogP contribution in [0.4, 0.5) is 14.6 Å². The molecule has 0 spiro atoms. The van der Waals surface area contributed by atoms with E-state index in [2.05, 4.69) is 10.2 Å². The fourth-order valence-corrected chi connectivity index (χ4v) is 6.25. The van der Waals surface area contributed by atoms with Gasteiger partial charge in [0.15, 0.2) is 5.65 Å². The molecule has 0 bridgehead atoms.